The van der Waals surface area contributed by atoms with Crippen LogP contribution >= 0.6 is 0 Å². The summed E-state index contributed by atoms with van der Waals surface area (Å²) in [6.45, 7) is 3.36. The number of hydrazine groups is 1. The number of carbonyl (C=O) groups excluding carboxylic acids is 2. The van der Waals surface area contributed by atoms with E-state index in [4.69, 9.17) is 0 Å². The molecule has 0 spiro atoms. The number of nitrogens with one attached hydrogen (secondary N) is 3. The predicted molar refractivity (Wildman–Crippen MR) is 97.4 cm³/mol. The Kier molecular flexibility index (Phi) is 6.30. The molecule has 1 atom stereocenters. The second-order valence-corrected chi connectivity index (χ2v) is 6.13. The van der Waals surface area contributed by atoms with Gasteiger partial charge in [0.1, 0.15) is 0 Å². The van der Waals surface area contributed by atoms with Crippen molar-refractivity contribution in [2.24, 2.45) is 0 Å². The van der Waals surface area contributed by atoms with Crippen LogP contribution in [-0.4, -0.2) is 30.8 Å². The van der Waals surface area contributed by atoms with Crippen LogP contribution in [0.4, 0.5) is 18.9 Å². The fraction of sp³-hybridized carbons (Fsp3) is 0.263. The number of para-hydroxylation sites is 1. The summed E-state index contributed by atoms with van der Waals surface area (Å²) >= 11 is 0. The highest BCUT2D eigenvalue weighted by atomic mass is 19.4. The number of alkyl halides is 3. The summed E-state index contributed by atoms with van der Waals surface area (Å²) in [6, 6.07) is 12.5. The molecule has 0 heterocycles. The fourth-order valence-corrected chi connectivity index (χ4v) is 2.45. The van der Waals surface area contributed by atoms with Gasteiger partial charge in [0.25, 0.3) is 5.91 Å². The van der Waals surface area contributed by atoms with E-state index in [0.717, 1.165) is 7.11 Å². The third-order valence-corrected chi connectivity index (χ3v) is 4.03. The molecule has 0 aliphatic heterocycles. The topological polar surface area (TPSA) is 79.5 Å². The Morgan fingerprint density at radius 3 is 2.25 bits per heavy atom. The molecular formula is C19H20F3N3O3. The second-order valence-electron chi connectivity index (χ2n) is 6.13. The van der Waals surface area contributed by atoms with Crippen molar-refractivity contribution in [3.63, 3.8) is 0 Å². The van der Waals surface area contributed by atoms with Crippen LogP contribution in [0.3, 0.4) is 0 Å². The molecule has 0 aliphatic carbocycles. The van der Waals surface area contributed by atoms with Crippen LogP contribution in [0.15, 0.2) is 48.5 Å². The van der Waals surface area contributed by atoms with Crippen molar-refractivity contribution in [3.05, 3.63) is 65.2 Å². The number of carbonyl (C=O) groups is 2. The standard InChI is InChI=1S/C19H20F3N3O3/c1-12-7-6-9-14(11-12)16(26)23-18(17(27)28-3,19(20,21)22)25-24-15-10-5-4-8-13(15)2/h4-11,24-25H,1-3H3,(H,23,26). The molecule has 2 rings (SSSR count). The molecule has 9 heteroatoms. The van der Waals surface area contributed by atoms with Crippen molar-refractivity contribution < 1.29 is 27.5 Å². The van der Waals surface area contributed by atoms with E-state index in [1.165, 1.54) is 24.3 Å². The van der Waals surface area contributed by atoms with Crippen LogP contribution in [0, 0.1) is 13.8 Å². The first-order valence-electron chi connectivity index (χ1n) is 8.24. The number of aryl methyl sites for hydroxylation is 2. The fourth-order valence-electron chi connectivity index (χ4n) is 2.45. The van der Waals surface area contributed by atoms with Crippen molar-refractivity contribution in [2.45, 2.75) is 25.7 Å². The highest BCUT2D eigenvalue weighted by Gasteiger charge is 2.63. The maximum Gasteiger partial charge on any atom is 0.438 e. The number of halogens is 3. The van der Waals surface area contributed by atoms with Gasteiger partial charge in [0.2, 0.25) is 0 Å². The molecule has 2 aromatic rings. The molecule has 0 bridgehead atoms. The Hall–Kier alpha value is -3.07. The lowest BCUT2D eigenvalue weighted by Crippen LogP contribution is -2.73. The first kappa shape index (κ1) is 21.2. The predicted octanol–water partition coefficient (Wildman–Crippen LogP) is 3.08. The zero-order valence-electron chi connectivity index (χ0n) is 15.5. The van der Waals surface area contributed by atoms with Crippen molar-refractivity contribution in [1.82, 2.24) is 10.7 Å². The molecule has 2 aromatic carbocycles. The van der Waals surface area contributed by atoms with Gasteiger partial charge in [-0.05, 0) is 37.6 Å². The molecule has 0 saturated carbocycles. The molecule has 150 valence electrons. The molecular weight excluding hydrogens is 375 g/mol. The van der Waals surface area contributed by atoms with E-state index in [1.54, 1.807) is 43.4 Å². The summed E-state index contributed by atoms with van der Waals surface area (Å²) in [6.07, 6.45) is -5.21. The van der Waals surface area contributed by atoms with E-state index in [1.807, 2.05) is 5.43 Å². The average Bonchev–Trinajstić information content (AvgIpc) is 2.64. The van der Waals surface area contributed by atoms with Crippen molar-refractivity contribution in [1.29, 1.82) is 0 Å². The summed E-state index contributed by atoms with van der Waals surface area (Å²) < 4.78 is 46.2. The van der Waals surface area contributed by atoms with Gasteiger partial charge in [-0.1, -0.05) is 35.9 Å². The van der Waals surface area contributed by atoms with Gasteiger partial charge in [0.05, 0.1) is 12.8 Å². The van der Waals surface area contributed by atoms with Gasteiger partial charge < -0.3 is 15.5 Å². The first-order valence-corrected chi connectivity index (χ1v) is 8.24. The zero-order valence-corrected chi connectivity index (χ0v) is 15.5. The number of hydrogen-bond donors (Lipinski definition) is 3. The Morgan fingerprint density at radius 1 is 1.00 bits per heavy atom. The molecule has 28 heavy (non-hydrogen) atoms. The number of amides is 1. The van der Waals surface area contributed by atoms with E-state index in [2.05, 4.69) is 10.2 Å². The van der Waals surface area contributed by atoms with E-state index in [-0.39, 0.29) is 5.56 Å². The van der Waals surface area contributed by atoms with Crippen LogP contribution in [0.5, 0.6) is 0 Å². The van der Waals surface area contributed by atoms with Crippen LogP contribution in [-0.2, 0) is 9.53 Å². The summed E-state index contributed by atoms with van der Waals surface area (Å²) in [5, 5.41) is 1.74. The number of ether oxygens (including phenoxy) is 1. The number of anilines is 1. The van der Waals surface area contributed by atoms with Crippen LogP contribution in [0.2, 0.25) is 0 Å². The molecule has 1 unspecified atom stereocenters. The van der Waals surface area contributed by atoms with Crippen molar-refractivity contribution in [3.8, 4) is 0 Å². The molecule has 0 aromatic heterocycles. The van der Waals surface area contributed by atoms with Gasteiger partial charge in [0.15, 0.2) is 0 Å². The average molecular weight is 395 g/mol. The zero-order chi connectivity index (χ0) is 20.9. The summed E-state index contributed by atoms with van der Waals surface area (Å²) in [5.41, 5.74) is 2.33. The largest absolute Gasteiger partial charge is 0.466 e. The number of esters is 1. The van der Waals surface area contributed by atoms with Crippen LogP contribution in [0.1, 0.15) is 21.5 Å². The summed E-state index contributed by atoms with van der Waals surface area (Å²) in [4.78, 5) is 24.6. The molecule has 1 amide bonds. The molecule has 0 aliphatic rings. The Balaban J connectivity index is 2.41. The number of hydrogen-bond acceptors (Lipinski definition) is 5. The van der Waals surface area contributed by atoms with Crippen molar-refractivity contribution in [2.75, 3.05) is 12.5 Å². The minimum Gasteiger partial charge on any atom is -0.466 e. The molecule has 3 N–H and O–H groups in total. The quantitative estimate of drug-likeness (QED) is 0.398. The number of methoxy groups -OCH3 is 1. The highest BCUT2D eigenvalue weighted by molar-refractivity contribution is 5.98. The van der Waals surface area contributed by atoms with Crippen molar-refractivity contribution >= 4 is 17.6 Å². The highest BCUT2D eigenvalue weighted by Crippen LogP contribution is 2.30. The minimum absolute atomic E-state index is 0.0322. The molecule has 0 fully saturated rings. The second kappa shape index (κ2) is 8.30. The van der Waals surface area contributed by atoms with Gasteiger partial charge in [-0.25, -0.2) is 4.79 Å². The first-order chi connectivity index (χ1) is 13.1. The maximum absolute atomic E-state index is 14.0. The number of benzene rings is 2. The third kappa shape index (κ3) is 4.42. The van der Waals surface area contributed by atoms with Gasteiger partial charge in [-0.15, -0.1) is 0 Å². The maximum atomic E-state index is 14.0. The minimum atomic E-state index is -5.21. The molecule has 0 radical (unpaired) electrons. The van der Waals surface area contributed by atoms with E-state index < -0.39 is 23.7 Å². The summed E-state index contributed by atoms with van der Waals surface area (Å²) in [5.74, 6) is -2.81. The Labute approximate surface area is 160 Å². The van der Waals surface area contributed by atoms with E-state index >= 15 is 0 Å². The van der Waals surface area contributed by atoms with Crippen LogP contribution in [0.25, 0.3) is 0 Å². The summed E-state index contributed by atoms with van der Waals surface area (Å²) in [7, 11) is 0.803. The Morgan fingerprint density at radius 2 is 1.68 bits per heavy atom. The molecule has 0 saturated heterocycles. The van der Waals surface area contributed by atoms with E-state index in [9.17, 15) is 22.8 Å². The van der Waals surface area contributed by atoms with Gasteiger partial charge >= 0.3 is 17.8 Å². The third-order valence-electron chi connectivity index (χ3n) is 4.03. The normalized spacial score (nSPS) is 13.4. The van der Waals surface area contributed by atoms with E-state index in [0.29, 0.717) is 16.8 Å². The number of rotatable bonds is 6. The Bertz CT molecular complexity index is 871. The lowest BCUT2D eigenvalue weighted by Gasteiger charge is -2.34. The van der Waals surface area contributed by atoms with Gasteiger partial charge in [-0.2, -0.15) is 18.6 Å². The van der Waals surface area contributed by atoms with Gasteiger partial charge in [0, 0.05) is 5.56 Å². The van der Waals surface area contributed by atoms with Gasteiger partial charge in [-0.3, -0.25) is 4.79 Å². The molecule has 6 nitrogen and oxygen atoms in total. The van der Waals surface area contributed by atoms with Crippen LogP contribution < -0.4 is 16.2 Å². The smallest absolute Gasteiger partial charge is 0.438 e. The SMILES string of the molecule is COC(=O)C(NNc1ccccc1C)(NC(=O)c1cccc(C)c1)C(F)(F)F. The monoisotopic (exact) mass is 395 g/mol. The lowest BCUT2D eigenvalue weighted by molar-refractivity contribution is -0.215. The lowest BCUT2D eigenvalue weighted by atomic mass is 10.1.